The molecule has 1 heterocycles. The minimum atomic E-state index is -4.38. The molecule has 1 aromatic carbocycles. The fraction of sp³-hybridized carbons (Fsp3) is 0.412. The minimum absolute atomic E-state index is 0. The van der Waals surface area contributed by atoms with Crippen molar-refractivity contribution < 1.29 is 13.2 Å². The highest BCUT2D eigenvalue weighted by Crippen LogP contribution is 2.30. The number of nitrogens with one attached hydrogen (secondary N) is 2. The Balaban J connectivity index is 0.00000364. The van der Waals surface area contributed by atoms with Gasteiger partial charge in [-0.3, -0.25) is 4.99 Å². The number of hydrogen-bond acceptors (Lipinski definition) is 4. The van der Waals surface area contributed by atoms with Crippen LogP contribution in [0, 0.1) is 0 Å². The highest BCUT2D eigenvalue weighted by molar-refractivity contribution is 14.0. The molecule has 0 saturated carbocycles. The number of thioether (sulfide) groups is 1. The summed E-state index contributed by atoms with van der Waals surface area (Å²) in [5.41, 5.74) is -0.827. The quantitative estimate of drug-likeness (QED) is 0.237. The molecule has 0 saturated heterocycles. The summed E-state index contributed by atoms with van der Waals surface area (Å²) in [6.45, 7) is 3.30. The standard InChI is InChI=1S/C17H21F3N4S2.HI/c1-12(26-13-6-4-3-5-7-13)10-23-16(21-2)22-9-8-15-24-14(11-25-15)17(18,19)20;/h3-7,11-12H,8-10H2,1-2H3,(H2,21,22,23);1H. The van der Waals surface area contributed by atoms with Crippen molar-refractivity contribution in [2.45, 2.75) is 29.7 Å². The maximum Gasteiger partial charge on any atom is 0.434 e. The minimum Gasteiger partial charge on any atom is -0.356 e. The van der Waals surface area contributed by atoms with E-state index in [1.54, 1.807) is 18.8 Å². The number of aromatic nitrogens is 1. The number of nitrogens with zero attached hydrogens (tertiary/aromatic N) is 2. The maximum absolute atomic E-state index is 12.5. The van der Waals surface area contributed by atoms with Crippen molar-refractivity contribution in [1.82, 2.24) is 15.6 Å². The van der Waals surface area contributed by atoms with E-state index in [4.69, 9.17) is 0 Å². The largest absolute Gasteiger partial charge is 0.434 e. The molecule has 27 heavy (non-hydrogen) atoms. The lowest BCUT2D eigenvalue weighted by molar-refractivity contribution is -0.140. The van der Waals surface area contributed by atoms with Gasteiger partial charge in [0.15, 0.2) is 11.7 Å². The molecule has 0 aliphatic heterocycles. The number of alkyl halides is 3. The van der Waals surface area contributed by atoms with Gasteiger partial charge in [-0.1, -0.05) is 25.1 Å². The van der Waals surface area contributed by atoms with Gasteiger partial charge in [0.2, 0.25) is 0 Å². The van der Waals surface area contributed by atoms with Crippen LogP contribution in [0.3, 0.4) is 0 Å². The average molecular weight is 530 g/mol. The lowest BCUT2D eigenvalue weighted by Crippen LogP contribution is -2.40. The molecule has 10 heteroatoms. The van der Waals surface area contributed by atoms with Crippen LogP contribution < -0.4 is 10.6 Å². The van der Waals surface area contributed by atoms with Crippen molar-refractivity contribution >= 4 is 53.0 Å². The van der Waals surface area contributed by atoms with Crippen LogP contribution in [-0.4, -0.2) is 36.3 Å². The maximum atomic E-state index is 12.5. The fourth-order valence-electron chi connectivity index (χ4n) is 2.08. The molecule has 2 rings (SSSR count). The van der Waals surface area contributed by atoms with Gasteiger partial charge in [-0.15, -0.1) is 47.1 Å². The van der Waals surface area contributed by atoms with E-state index in [9.17, 15) is 13.2 Å². The first-order valence-electron chi connectivity index (χ1n) is 8.06. The van der Waals surface area contributed by atoms with E-state index in [0.717, 1.165) is 16.7 Å². The van der Waals surface area contributed by atoms with Crippen LogP contribution in [0.15, 0.2) is 45.6 Å². The number of benzene rings is 1. The summed E-state index contributed by atoms with van der Waals surface area (Å²) >= 11 is 2.78. The lowest BCUT2D eigenvalue weighted by atomic mass is 10.4. The van der Waals surface area contributed by atoms with Crippen molar-refractivity contribution in [3.8, 4) is 0 Å². The Bertz CT molecular complexity index is 708. The van der Waals surface area contributed by atoms with E-state index in [1.807, 2.05) is 18.2 Å². The first-order chi connectivity index (χ1) is 12.4. The van der Waals surface area contributed by atoms with Crippen molar-refractivity contribution in [3.63, 3.8) is 0 Å². The molecule has 4 nitrogen and oxygen atoms in total. The first-order valence-corrected chi connectivity index (χ1v) is 9.82. The van der Waals surface area contributed by atoms with Gasteiger partial charge in [0.25, 0.3) is 0 Å². The smallest absolute Gasteiger partial charge is 0.356 e. The Morgan fingerprint density at radius 2 is 1.96 bits per heavy atom. The number of thiazole rings is 1. The first kappa shape index (κ1) is 24.0. The van der Waals surface area contributed by atoms with E-state index in [1.165, 1.54) is 4.90 Å². The SMILES string of the molecule is CN=C(NCCc1nc(C(F)(F)F)cs1)NCC(C)Sc1ccccc1.I. The molecule has 0 aliphatic rings. The summed E-state index contributed by atoms with van der Waals surface area (Å²) in [5, 5.41) is 8.16. The zero-order valence-electron chi connectivity index (χ0n) is 14.9. The summed E-state index contributed by atoms with van der Waals surface area (Å²) in [6, 6.07) is 10.1. The zero-order valence-corrected chi connectivity index (χ0v) is 18.9. The number of halogens is 4. The van der Waals surface area contributed by atoms with E-state index in [2.05, 4.69) is 39.7 Å². The number of aliphatic imine (C=N–C) groups is 1. The summed E-state index contributed by atoms with van der Waals surface area (Å²) in [4.78, 5) is 8.95. The predicted octanol–water partition coefficient (Wildman–Crippen LogP) is 4.67. The zero-order chi connectivity index (χ0) is 19.0. The Hall–Kier alpha value is -1.01. The topological polar surface area (TPSA) is 49.3 Å². The molecule has 2 N–H and O–H groups in total. The van der Waals surface area contributed by atoms with Gasteiger partial charge in [-0.25, -0.2) is 4.98 Å². The molecular formula is C17H22F3IN4S2. The molecule has 150 valence electrons. The van der Waals surface area contributed by atoms with Crippen molar-refractivity contribution in [2.75, 3.05) is 20.1 Å². The summed E-state index contributed by atoms with van der Waals surface area (Å²) in [7, 11) is 1.66. The second-order valence-electron chi connectivity index (χ2n) is 5.50. The molecule has 2 aromatic rings. The third-order valence-corrected chi connectivity index (χ3v) is 5.36. The summed E-state index contributed by atoms with van der Waals surface area (Å²) < 4.78 is 37.6. The molecule has 0 bridgehead atoms. The number of guanidine groups is 1. The molecule has 1 unspecified atom stereocenters. The Morgan fingerprint density at radius 1 is 1.26 bits per heavy atom. The number of rotatable bonds is 7. The Labute approximate surface area is 182 Å². The molecule has 0 fully saturated rings. The van der Waals surface area contributed by atoms with Gasteiger partial charge in [0.05, 0.1) is 5.01 Å². The fourth-order valence-corrected chi connectivity index (χ4v) is 3.83. The van der Waals surface area contributed by atoms with Crippen LogP contribution in [-0.2, 0) is 12.6 Å². The van der Waals surface area contributed by atoms with Crippen molar-refractivity contribution in [1.29, 1.82) is 0 Å². The Kier molecular flexibility index (Phi) is 10.5. The average Bonchev–Trinajstić information content (AvgIpc) is 3.08. The van der Waals surface area contributed by atoms with Gasteiger partial charge >= 0.3 is 6.18 Å². The van der Waals surface area contributed by atoms with E-state index in [0.29, 0.717) is 35.7 Å². The van der Waals surface area contributed by atoms with Gasteiger partial charge in [0.1, 0.15) is 0 Å². The second kappa shape index (κ2) is 11.7. The third-order valence-electron chi connectivity index (χ3n) is 3.33. The monoisotopic (exact) mass is 530 g/mol. The normalized spacial score (nSPS) is 13.0. The Morgan fingerprint density at radius 3 is 2.56 bits per heavy atom. The lowest BCUT2D eigenvalue weighted by Gasteiger charge is -2.15. The molecule has 0 spiro atoms. The highest BCUT2D eigenvalue weighted by Gasteiger charge is 2.33. The third kappa shape index (κ3) is 8.69. The van der Waals surface area contributed by atoms with Crippen LogP contribution in [0.5, 0.6) is 0 Å². The van der Waals surface area contributed by atoms with Gasteiger partial charge in [-0.2, -0.15) is 13.2 Å². The molecule has 1 aromatic heterocycles. The molecule has 0 amide bonds. The van der Waals surface area contributed by atoms with Gasteiger partial charge in [0, 0.05) is 42.1 Å². The molecule has 1 atom stereocenters. The second-order valence-corrected chi connectivity index (χ2v) is 7.95. The summed E-state index contributed by atoms with van der Waals surface area (Å²) in [6.07, 6.45) is -3.97. The van der Waals surface area contributed by atoms with Crippen LogP contribution in [0.1, 0.15) is 17.6 Å². The number of hydrogen-bond donors (Lipinski definition) is 2. The van der Waals surface area contributed by atoms with Crippen molar-refractivity contribution in [3.05, 3.63) is 46.4 Å². The van der Waals surface area contributed by atoms with Crippen LogP contribution in [0.4, 0.5) is 13.2 Å². The van der Waals surface area contributed by atoms with E-state index in [-0.39, 0.29) is 24.0 Å². The molecular weight excluding hydrogens is 508 g/mol. The molecule has 0 radical (unpaired) electrons. The van der Waals surface area contributed by atoms with E-state index < -0.39 is 11.9 Å². The van der Waals surface area contributed by atoms with Crippen molar-refractivity contribution in [2.24, 2.45) is 4.99 Å². The molecule has 0 aliphatic carbocycles. The van der Waals surface area contributed by atoms with Gasteiger partial charge in [-0.05, 0) is 12.1 Å². The highest BCUT2D eigenvalue weighted by atomic mass is 127. The van der Waals surface area contributed by atoms with Crippen LogP contribution >= 0.6 is 47.1 Å². The summed E-state index contributed by atoms with van der Waals surface area (Å²) in [5.74, 6) is 0.623. The van der Waals surface area contributed by atoms with E-state index >= 15 is 0 Å². The van der Waals surface area contributed by atoms with Crippen LogP contribution in [0.2, 0.25) is 0 Å². The van der Waals surface area contributed by atoms with Gasteiger partial charge < -0.3 is 10.6 Å². The van der Waals surface area contributed by atoms with Crippen LogP contribution in [0.25, 0.3) is 0 Å². The predicted molar refractivity (Wildman–Crippen MR) is 117 cm³/mol.